The van der Waals surface area contributed by atoms with Crippen LogP contribution >= 0.6 is 23.4 Å². The van der Waals surface area contributed by atoms with E-state index in [2.05, 4.69) is 4.74 Å². The summed E-state index contributed by atoms with van der Waals surface area (Å²) in [5.74, 6) is -2.53. The third-order valence-electron chi connectivity index (χ3n) is 7.18. The number of fused-ring (bicyclic) bond motifs is 3. The van der Waals surface area contributed by atoms with Gasteiger partial charge in [0.05, 0.1) is 6.04 Å². The van der Waals surface area contributed by atoms with E-state index in [9.17, 15) is 32.3 Å². The van der Waals surface area contributed by atoms with Gasteiger partial charge in [0.1, 0.15) is 12.7 Å². The number of carbonyl (C=O) groups is 3. The quantitative estimate of drug-likeness (QED) is 0.247. The Kier molecular flexibility index (Phi) is 8.48. The fraction of sp³-hybridized carbons (Fsp3) is 0.310. The maximum absolute atomic E-state index is 14.1. The summed E-state index contributed by atoms with van der Waals surface area (Å²) in [7, 11) is 0. The number of amides is 1. The van der Waals surface area contributed by atoms with Crippen LogP contribution < -0.4 is 15.2 Å². The topological polar surface area (TPSA) is 98.2 Å². The van der Waals surface area contributed by atoms with Gasteiger partial charge in [-0.15, -0.1) is 11.8 Å². The number of thioether (sulfide) groups is 1. The van der Waals surface area contributed by atoms with Crippen LogP contribution in [-0.2, 0) is 15.3 Å². The molecule has 14 heteroatoms. The molecule has 0 aliphatic carbocycles. The van der Waals surface area contributed by atoms with Gasteiger partial charge < -0.3 is 14.4 Å². The van der Waals surface area contributed by atoms with Gasteiger partial charge in [0.15, 0.2) is 5.69 Å². The zero-order chi connectivity index (χ0) is 31.1. The number of alkyl halides is 3. The minimum Gasteiger partial charge on any atom is -0.388 e. The summed E-state index contributed by atoms with van der Waals surface area (Å²) in [6.07, 6.45) is -4.94. The summed E-state index contributed by atoms with van der Waals surface area (Å²) >= 11 is 8.10. The molecule has 0 radical (unpaired) electrons. The fourth-order valence-electron chi connectivity index (χ4n) is 5.04. The second-order valence-corrected chi connectivity index (χ2v) is 11.3. The van der Waals surface area contributed by atoms with E-state index in [1.807, 2.05) is 18.2 Å². The largest absolute Gasteiger partial charge is 0.521 e. The monoisotopic (exact) mass is 635 g/mol. The molecule has 2 aromatic carbocycles. The SMILES string of the molecule is CCCC(=O)OC(=O)Oc1c2n(ccc1=O)N([C@@H]1c3ccccc3SCc3c(Cl)cccc31)CN([C@H](C)C(F)(F)F)C2=O. The summed E-state index contributed by atoms with van der Waals surface area (Å²) in [4.78, 5) is 52.4. The van der Waals surface area contributed by atoms with E-state index in [0.717, 1.165) is 29.0 Å². The minimum absolute atomic E-state index is 0.119. The first-order chi connectivity index (χ1) is 20.4. The molecule has 1 aromatic heterocycles. The number of esters is 1. The Balaban J connectivity index is 1.73. The van der Waals surface area contributed by atoms with Gasteiger partial charge in [-0.2, -0.15) is 13.2 Å². The molecule has 0 fully saturated rings. The molecular weight excluding hydrogens is 611 g/mol. The highest BCUT2D eigenvalue weighted by atomic mass is 35.5. The molecule has 0 bridgehead atoms. The summed E-state index contributed by atoms with van der Waals surface area (Å²) in [5.41, 5.74) is 0.545. The first-order valence-electron chi connectivity index (χ1n) is 13.2. The molecule has 2 aliphatic heterocycles. The van der Waals surface area contributed by atoms with E-state index >= 15 is 0 Å². The van der Waals surface area contributed by atoms with Crippen LogP contribution in [0.4, 0.5) is 18.0 Å². The van der Waals surface area contributed by atoms with Crippen molar-refractivity contribution >= 4 is 41.4 Å². The van der Waals surface area contributed by atoms with Crippen molar-refractivity contribution in [1.29, 1.82) is 0 Å². The number of halogens is 4. The second-order valence-electron chi connectivity index (χ2n) is 9.89. The second kappa shape index (κ2) is 12.0. The van der Waals surface area contributed by atoms with Crippen LogP contribution in [0.25, 0.3) is 0 Å². The van der Waals surface area contributed by atoms with Crippen molar-refractivity contribution in [2.45, 2.75) is 55.6 Å². The number of benzene rings is 2. The highest BCUT2D eigenvalue weighted by Gasteiger charge is 2.48. The van der Waals surface area contributed by atoms with E-state index < -0.39 is 59.8 Å². The van der Waals surface area contributed by atoms with E-state index in [0.29, 0.717) is 27.7 Å². The van der Waals surface area contributed by atoms with Crippen molar-refractivity contribution in [3.8, 4) is 5.75 Å². The summed E-state index contributed by atoms with van der Waals surface area (Å²) < 4.78 is 53.2. The van der Waals surface area contributed by atoms with E-state index in [-0.39, 0.29) is 6.42 Å². The first kappa shape index (κ1) is 30.5. The van der Waals surface area contributed by atoms with Gasteiger partial charge in [0.25, 0.3) is 5.91 Å². The number of aromatic nitrogens is 1. The van der Waals surface area contributed by atoms with Gasteiger partial charge in [0.2, 0.25) is 11.2 Å². The Labute approximate surface area is 253 Å². The van der Waals surface area contributed by atoms with E-state index in [4.69, 9.17) is 16.3 Å². The minimum atomic E-state index is -4.83. The lowest BCUT2D eigenvalue weighted by molar-refractivity contribution is -0.173. The molecular formula is C29H25ClF3N3O6S. The molecule has 0 unspecified atom stereocenters. The number of nitrogens with zero attached hydrogens (tertiary/aromatic N) is 3. The first-order valence-corrected chi connectivity index (χ1v) is 14.6. The highest BCUT2D eigenvalue weighted by Crippen LogP contribution is 2.45. The smallest absolute Gasteiger partial charge is 0.388 e. The van der Waals surface area contributed by atoms with Crippen molar-refractivity contribution in [2.24, 2.45) is 0 Å². The van der Waals surface area contributed by atoms with Gasteiger partial charge in [0, 0.05) is 34.4 Å². The van der Waals surface area contributed by atoms with Crippen molar-refractivity contribution < 1.29 is 37.0 Å². The highest BCUT2D eigenvalue weighted by molar-refractivity contribution is 7.98. The van der Waals surface area contributed by atoms with Crippen LogP contribution in [0.1, 0.15) is 59.9 Å². The van der Waals surface area contributed by atoms with Gasteiger partial charge >= 0.3 is 18.3 Å². The Morgan fingerprint density at radius 1 is 1.09 bits per heavy atom. The van der Waals surface area contributed by atoms with Gasteiger partial charge in [-0.1, -0.05) is 48.9 Å². The molecule has 9 nitrogen and oxygen atoms in total. The van der Waals surface area contributed by atoms with Crippen LogP contribution in [0.3, 0.4) is 0 Å². The summed E-state index contributed by atoms with van der Waals surface area (Å²) in [6, 6.07) is 10.5. The van der Waals surface area contributed by atoms with Crippen LogP contribution in [0, 0.1) is 0 Å². The van der Waals surface area contributed by atoms with Crippen LogP contribution in [0.2, 0.25) is 5.02 Å². The molecule has 0 saturated carbocycles. The number of hydrogen-bond acceptors (Lipinski definition) is 8. The predicted molar refractivity (Wildman–Crippen MR) is 152 cm³/mol. The number of hydrogen-bond donors (Lipinski definition) is 0. The zero-order valence-electron chi connectivity index (χ0n) is 22.9. The fourth-order valence-corrected chi connectivity index (χ4v) is 6.51. The maximum Gasteiger partial charge on any atom is 0.521 e. The third-order valence-corrected chi connectivity index (χ3v) is 8.65. The molecule has 43 heavy (non-hydrogen) atoms. The summed E-state index contributed by atoms with van der Waals surface area (Å²) in [6.45, 7) is 1.95. The number of ether oxygens (including phenoxy) is 2. The molecule has 1 amide bonds. The van der Waals surface area contributed by atoms with Crippen molar-refractivity contribution in [2.75, 3.05) is 11.7 Å². The number of rotatable bonds is 5. The average Bonchev–Trinajstić information content (AvgIpc) is 3.11. The lowest BCUT2D eigenvalue weighted by atomic mass is 9.94. The molecule has 0 spiro atoms. The normalized spacial score (nSPS) is 16.9. The Morgan fingerprint density at radius 3 is 2.53 bits per heavy atom. The predicted octanol–water partition coefficient (Wildman–Crippen LogP) is 6.04. The summed E-state index contributed by atoms with van der Waals surface area (Å²) in [5, 5.41) is 1.94. The lowest BCUT2D eigenvalue weighted by Crippen LogP contribution is -2.60. The molecule has 2 atom stereocenters. The number of pyridine rings is 1. The lowest BCUT2D eigenvalue weighted by Gasteiger charge is -2.46. The molecule has 5 rings (SSSR count). The molecule has 226 valence electrons. The van der Waals surface area contributed by atoms with Crippen molar-refractivity contribution in [3.05, 3.63) is 92.4 Å². The van der Waals surface area contributed by atoms with E-state index in [1.165, 1.54) is 27.6 Å². The van der Waals surface area contributed by atoms with Gasteiger partial charge in [-0.05, 0) is 42.2 Å². The molecule has 3 aromatic rings. The zero-order valence-corrected chi connectivity index (χ0v) is 24.5. The Morgan fingerprint density at radius 2 is 1.81 bits per heavy atom. The third kappa shape index (κ3) is 5.83. The molecule has 0 saturated heterocycles. The average molecular weight is 636 g/mol. The Bertz CT molecular complexity index is 1660. The maximum atomic E-state index is 14.1. The van der Waals surface area contributed by atoms with Crippen LogP contribution in [-0.4, -0.2) is 46.5 Å². The molecule has 3 heterocycles. The van der Waals surface area contributed by atoms with E-state index in [1.54, 1.807) is 31.2 Å². The van der Waals surface area contributed by atoms with Crippen LogP contribution in [0.5, 0.6) is 5.75 Å². The van der Waals surface area contributed by atoms with Crippen molar-refractivity contribution in [1.82, 2.24) is 9.58 Å². The Hall–Kier alpha value is -3.97. The van der Waals surface area contributed by atoms with Gasteiger partial charge in [-0.25, -0.2) is 4.79 Å². The van der Waals surface area contributed by atoms with Crippen molar-refractivity contribution in [3.63, 3.8) is 0 Å². The molecule has 2 aliphatic rings. The van der Waals surface area contributed by atoms with Crippen LogP contribution in [0.15, 0.2) is 64.4 Å². The van der Waals surface area contributed by atoms with Gasteiger partial charge in [-0.3, -0.25) is 24.1 Å². The standard InChI is InChI=1S/C29H25ClF3N3O6S/c1-3-7-23(38)41-28(40)42-26-21(37)12-13-35-25(26)27(39)34(16(2)29(31,32)33)15-36(35)24-17-9-6-10-20(30)19(17)14-43-22-11-5-4-8-18(22)24/h4-6,8-13,16,24H,3,7,14-15H2,1-2H3/t16-,24+/m1/s1. The molecule has 0 N–H and O–H groups in total. The number of carbonyl (C=O) groups excluding carboxylic acids is 3.